The van der Waals surface area contributed by atoms with E-state index in [2.05, 4.69) is 17.6 Å². The smallest absolute Gasteiger partial charge is 0.323 e. The maximum Gasteiger partial charge on any atom is 0.323 e. The van der Waals surface area contributed by atoms with Crippen molar-refractivity contribution in [2.45, 2.75) is 25.8 Å². The zero-order chi connectivity index (χ0) is 23.4. The van der Waals surface area contributed by atoms with E-state index in [1.807, 2.05) is 30.3 Å². The van der Waals surface area contributed by atoms with Crippen LogP contribution in [0.5, 0.6) is 0 Å². The van der Waals surface area contributed by atoms with Crippen LogP contribution in [0.15, 0.2) is 43.0 Å². The SMILES string of the molecule is C=CC(=O)NCC(=O)N1CCN(CC(=O)O)C(=O)C1Cc1ccccc1.CCC(N)=O. The van der Waals surface area contributed by atoms with E-state index in [9.17, 15) is 24.0 Å². The molecule has 1 aliphatic heterocycles. The van der Waals surface area contributed by atoms with Gasteiger partial charge in [-0.05, 0) is 11.6 Å². The number of carboxylic acid groups (broad SMARTS) is 1. The number of amides is 4. The molecule has 1 aliphatic rings. The number of nitrogens with zero attached hydrogens (tertiary/aromatic N) is 2. The lowest BCUT2D eigenvalue weighted by atomic mass is 10.0. The molecule has 2 rings (SSSR count). The quantitative estimate of drug-likeness (QED) is 0.473. The maximum absolute atomic E-state index is 12.7. The molecule has 4 N–H and O–H groups in total. The van der Waals surface area contributed by atoms with Crippen LogP contribution in [0.3, 0.4) is 0 Å². The van der Waals surface area contributed by atoms with Crippen LogP contribution in [0, 0.1) is 0 Å². The summed E-state index contributed by atoms with van der Waals surface area (Å²) < 4.78 is 0. The van der Waals surface area contributed by atoms with Crippen LogP contribution in [0.2, 0.25) is 0 Å². The first-order valence-corrected chi connectivity index (χ1v) is 9.72. The fourth-order valence-electron chi connectivity index (χ4n) is 2.83. The predicted octanol–water partition coefficient (Wildman–Crippen LogP) is -0.463. The lowest BCUT2D eigenvalue weighted by molar-refractivity contribution is -0.155. The number of benzene rings is 1. The summed E-state index contributed by atoms with van der Waals surface area (Å²) in [6, 6.07) is 8.37. The van der Waals surface area contributed by atoms with Gasteiger partial charge in [0, 0.05) is 25.9 Å². The van der Waals surface area contributed by atoms with Crippen molar-refractivity contribution >= 4 is 29.6 Å². The molecule has 1 fully saturated rings. The summed E-state index contributed by atoms with van der Waals surface area (Å²) in [7, 11) is 0. The van der Waals surface area contributed by atoms with E-state index >= 15 is 0 Å². The molecule has 1 saturated heterocycles. The molecule has 1 atom stereocenters. The summed E-state index contributed by atoms with van der Waals surface area (Å²) in [4.78, 5) is 59.7. The molecule has 0 aliphatic carbocycles. The number of hydrogen-bond donors (Lipinski definition) is 3. The van der Waals surface area contributed by atoms with Gasteiger partial charge in [-0.1, -0.05) is 43.8 Å². The third-order valence-electron chi connectivity index (χ3n) is 4.45. The molecule has 0 radical (unpaired) electrons. The molecule has 1 unspecified atom stereocenters. The second kappa shape index (κ2) is 12.8. The Morgan fingerprint density at radius 2 is 1.84 bits per heavy atom. The third-order valence-corrected chi connectivity index (χ3v) is 4.45. The average Bonchev–Trinajstić information content (AvgIpc) is 2.75. The van der Waals surface area contributed by atoms with Gasteiger partial charge in [0.2, 0.25) is 23.6 Å². The molecule has 0 spiro atoms. The predicted molar refractivity (Wildman–Crippen MR) is 113 cm³/mol. The number of hydrogen-bond acceptors (Lipinski definition) is 5. The Bertz CT molecular complexity index is 811. The minimum absolute atomic E-state index is 0.136. The lowest BCUT2D eigenvalue weighted by Crippen LogP contribution is -2.61. The number of carboxylic acids is 1. The first-order valence-electron chi connectivity index (χ1n) is 9.72. The van der Waals surface area contributed by atoms with E-state index in [1.165, 1.54) is 9.80 Å². The minimum atomic E-state index is -1.10. The highest BCUT2D eigenvalue weighted by atomic mass is 16.4. The summed E-state index contributed by atoms with van der Waals surface area (Å²) in [5.74, 6) is -2.64. The van der Waals surface area contributed by atoms with Gasteiger partial charge in [0.1, 0.15) is 12.6 Å². The Labute approximate surface area is 180 Å². The maximum atomic E-state index is 12.7. The van der Waals surface area contributed by atoms with E-state index in [0.717, 1.165) is 11.6 Å². The Balaban J connectivity index is 0.000000861. The third kappa shape index (κ3) is 8.69. The van der Waals surface area contributed by atoms with E-state index in [0.29, 0.717) is 6.42 Å². The number of carbonyl (C=O) groups is 5. The topological polar surface area (TPSA) is 150 Å². The van der Waals surface area contributed by atoms with Gasteiger partial charge in [-0.2, -0.15) is 0 Å². The molecular formula is C21H28N4O6. The van der Waals surface area contributed by atoms with Crippen LogP contribution in [-0.4, -0.2) is 76.7 Å². The summed E-state index contributed by atoms with van der Waals surface area (Å²) in [6.07, 6.45) is 1.78. The molecule has 1 heterocycles. The standard InChI is InChI=1S/C18H21N3O5.C3H7NO/c1-2-15(22)19-11-16(23)21-9-8-20(12-17(24)25)18(26)14(21)10-13-6-4-3-5-7-13;1-2-3(4)5/h2-7,14H,1,8-12H2,(H,19,22)(H,24,25);2H2,1H3,(H2,4,5). The van der Waals surface area contributed by atoms with Gasteiger partial charge in [0.15, 0.2) is 0 Å². The van der Waals surface area contributed by atoms with Crippen molar-refractivity contribution in [1.82, 2.24) is 15.1 Å². The average molecular weight is 432 g/mol. The fraction of sp³-hybridized carbons (Fsp3) is 0.381. The Hall–Kier alpha value is -3.69. The van der Waals surface area contributed by atoms with E-state index in [4.69, 9.17) is 5.11 Å². The largest absolute Gasteiger partial charge is 0.480 e. The molecule has 168 valence electrons. The van der Waals surface area contributed by atoms with Gasteiger partial charge in [-0.25, -0.2) is 0 Å². The Morgan fingerprint density at radius 1 is 1.23 bits per heavy atom. The first-order chi connectivity index (χ1) is 14.7. The normalized spacial score (nSPS) is 15.4. The van der Waals surface area contributed by atoms with Crippen molar-refractivity contribution in [3.05, 3.63) is 48.6 Å². The highest BCUT2D eigenvalue weighted by Gasteiger charge is 2.37. The van der Waals surface area contributed by atoms with Crippen LogP contribution >= 0.6 is 0 Å². The van der Waals surface area contributed by atoms with Crippen LogP contribution in [0.1, 0.15) is 18.9 Å². The van der Waals surface area contributed by atoms with Gasteiger partial charge in [-0.3, -0.25) is 24.0 Å². The van der Waals surface area contributed by atoms with Gasteiger partial charge in [0.25, 0.3) is 0 Å². The van der Waals surface area contributed by atoms with E-state index < -0.39 is 36.3 Å². The zero-order valence-corrected chi connectivity index (χ0v) is 17.5. The molecule has 1 aromatic rings. The fourth-order valence-corrected chi connectivity index (χ4v) is 2.83. The van der Waals surface area contributed by atoms with E-state index in [1.54, 1.807) is 6.92 Å². The Kier molecular flexibility index (Phi) is 10.5. The van der Waals surface area contributed by atoms with Crippen LogP contribution in [0.4, 0.5) is 0 Å². The number of aliphatic carboxylic acids is 1. The molecule has 0 bridgehead atoms. The van der Waals surface area contributed by atoms with E-state index in [-0.39, 0.29) is 32.0 Å². The number of nitrogens with one attached hydrogen (secondary N) is 1. The number of carbonyl (C=O) groups excluding carboxylic acids is 4. The molecule has 10 nitrogen and oxygen atoms in total. The molecule has 0 saturated carbocycles. The van der Waals surface area contributed by atoms with Crippen LogP contribution < -0.4 is 11.1 Å². The summed E-state index contributed by atoms with van der Waals surface area (Å²) in [6.45, 7) is 4.74. The highest BCUT2D eigenvalue weighted by Crippen LogP contribution is 2.17. The summed E-state index contributed by atoms with van der Waals surface area (Å²) >= 11 is 0. The van der Waals surface area contributed by atoms with Crippen molar-refractivity contribution in [3.8, 4) is 0 Å². The molecule has 31 heavy (non-hydrogen) atoms. The number of rotatable bonds is 8. The molecule has 0 aromatic heterocycles. The number of primary amides is 1. The second-order valence-electron chi connectivity index (χ2n) is 6.69. The number of piperazine rings is 1. The monoisotopic (exact) mass is 432 g/mol. The van der Waals surface area contributed by atoms with Crippen molar-refractivity contribution in [3.63, 3.8) is 0 Å². The van der Waals surface area contributed by atoms with Gasteiger partial charge in [-0.15, -0.1) is 0 Å². The molecular weight excluding hydrogens is 404 g/mol. The minimum Gasteiger partial charge on any atom is -0.480 e. The summed E-state index contributed by atoms with van der Waals surface area (Å²) in [5, 5.41) is 11.4. The first kappa shape index (κ1) is 25.3. The zero-order valence-electron chi connectivity index (χ0n) is 17.5. The van der Waals surface area contributed by atoms with Crippen molar-refractivity contribution < 1.29 is 29.1 Å². The van der Waals surface area contributed by atoms with Gasteiger partial charge >= 0.3 is 5.97 Å². The van der Waals surface area contributed by atoms with Gasteiger partial charge in [0.05, 0.1) is 6.54 Å². The summed E-state index contributed by atoms with van der Waals surface area (Å²) in [5.41, 5.74) is 5.51. The highest BCUT2D eigenvalue weighted by molar-refractivity contribution is 5.94. The lowest BCUT2D eigenvalue weighted by Gasteiger charge is -2.40. The van der Waals surface area contributed by atoms with Crippen LogP contribution in [0.25, 0.3) is 0 Å². The molecule has 10 heteroatoms. The second-order valence-corrected chi connectivity index (χ2v) is 6.69. The van der Waals surface area contributed by atoms with Crippen molar-refractivity contribution in [2.75, 3.05) is 26.2 Å². The molecule has 1 aromatic carbocycles. The van der Waals surface area contributed by atoms with Gasteiger partial charge < -0.3 is 26.0 Å². The van der Waals surface area contributed by atoms with Crippen LogP contribution in [-0.2, 0) is 30.4 Å². The number of nitrogens with two attached hydrogens (primary N) is 1. The van der Waals surface area contributed by atoms with Crippen molar-refractivity contribution in [1.29, 1.82) is 0 Å². The molecule has 4 amide bonds. The Morgan fingerprint density at radius 3 is 2.35 bits per heavy atom. The van der Waals surface area contributed by atoms with Crippen molar-refractivity contribution in [2.24, 2.45) is 5.73 Å².